The maximum absolute atomic E-state index is 14.3. The number of hydrogen-bond acceptors (Lipinski definition) is 10. The molecule has 18 heteroatoms. The van der Waals surface area contributed by atoms with Crippen molar-refractivity contribution in [2.45, 2.75) is 148 Å². The third-order valence-corrected chi connectivity index (χ3v) is 13.5. The van der Waals surface area contributed by atoms with Gasteiger partial charge in [0.15, 0.2) is 0 Å². The van der Waals surface area contributed by atoms with Crippen LogP contribution in [0.25, 0.3) is 0 Å². The Balaban J connectivity index is 1.28. The van der Waals surface area contributed by atoms with E-state index in [1.165, 1.54) is 4.90 Å². The highest BCUT2D eigenvalue weighted by Crippen LogP contribution is 2.69. The highest BCUT2D eigenvalue weighted by Gasteiger charge is 2.69. The first-order valence-electron chi connectivity index (χ1n) is 21.2. The molecule has 3 aliphatic carbocycles. The molecule has 2 saturated heterocycles. The number of rotatable bonds is 19. The van der Waals surface area contributed by atoms with Crippen molar-refractivity contribution in [3.8, 4) is 0 Å². The van der Waals surface area contributed by atoms with E-state index in [-0.39, 0.29) is 41.9 Å². The molecule has 330 valence electrons. The van der Waals surface area contributed by atoms with Crippen molar-refractivity contribution in [2.75, 3.05) is 6.54 Å². The lowest BCUT2D eigenvalue weighted by Crippen LogP contribution is -2.66. The molecule has 6 rings (SSSR count). The number of nitrogens with one attached hydrogen (secondary N) is 4. The molecule has 2 bridgehead atoms. The number of hydrogen-bond donors (Lipinski definition) is 7. The summed E-state index contributed by atoms with van der Waals surface area (Å²) in [6.07, 6.45) is 1.60. The molecular weight excluding hydrogens is 775 g/mol. The van der Waals surface area contributed by atoms with Crippen LogP contribution in [0.2, 0.25) is 0 Å². The van der Waals surface area contributed by atoms with Crippen LogP contribution >= 0.6 is 0 Å². The van der Waals surface area contributed by atoms with Crippen LogP contribution < -0.4 is 27.0 Å². The van der Waals surface area contributed by atoms with Crippen LogP contribution in [-0.4, -0.2) is 119 Å². The SMILES string of the molecule is CC(C)[C@H](NC(=O)[C@H](CCC(=O)O)NC(=O)[C@@H](N)CC(=O)O)C(=O)N[C@H](C(=O)N1CCC[C@H]1C(=O)N[C@@H](Cc1ccccc1)B1O[C@@H]2[C@@H](C[C@@H]3C[C@@]2(C)C3(C)C)O1)C(C)C. The van der Waals surface area contributed by atoms with Crippen LogP contribution in [0.15, 0.2) is 30.3 Å². The van der Waals surface area contributed by atoms with Gasteiger partial charge in [-0.3, -0.25) is 33.6 Å². The van der Waals surface area contributed by atoms with Gasteiger partial charge >= 0.3 is 19.1 Å². The van der Waals surface area contributed by atoms with Crippen molar-refractivity contribution in [3.63, 3.8) is 0 Å². The Bertz CT molecular complexity index is 1780. The van der Waals surface area contributed by atoms with Gasteiger partial charge in [-0.15, -0.1) is 0 Å². The highest BCUT2D eigenvalue weighted by molar-refractivity contribution is 6.47. The van der Waals surface area contributed by atoms with Gasteiger partial charge in [-0.25, -0.2) is 0 Å². The summed E-state index contributed by atoms with van der Waals surface area (Å²) in [6.45, 7) is 14.0. The molecule has 0 aromatic heterocycles. The number of amides is 5. The van der Waals surface area contributed by atoms with Gasteiger partial charge in [0.2, 0.25) is 29.5 Å². The quantitative estimate of drug-likeness (QED) is 0.0977. The van der Waals surface area contributed by atoms with E-state index >= 15 is 0 Å². The summed E-state index contributed by atoms with van der Waals surface area (Å²) in [5.74, 6) is -6.94. The molecule has 1 aromatic carbocycles. The first-order valence-corrected chi connectivity index (χ1v) is 21.2. The average Bonchev–Trinajstić information content (AvgIpc) is 3.86. The van der Waals surface area contributed by atoms with Crippen LogP contribution in [-0.2, 0) is 49.3 Å². The molecule has 0 unspecified atom stereocenters. The summed E-state index contributed by atoms with van der Waals surface area (Å²) in [4.78, 5) is 92.5. The van der Waals surface area contributed by atoms with Crippen LogP contribution in [0.3, 0.4) is 0 Å². The first kappa shape index (κ1) is 46.5. The number of carboxylic acids is 2. The number of likely N-dealkylation sites (tertiary alicyclic amines) is 1. The molecule has 5 amide bonds. The maximum Gasteiger partial charge on any atom is 0.481 e. The van der Waals surface area contributed by atoms with Crippen LogP contribution in [0.5, 0.6) is 0 Å². The second-order valence-electron chi connectivity index (χ2n) is 18.5. The fraction of sp³-hybridized carbons (Fsp3) is 0.690. The Morgan fingerprint density at radius 1 is 0.867 bits per heavy atom. The number of carboxylic acid groups (broad SMARTS) is 2. The van der Waals surface area contributed by atoms with E-state index in [4.69, 9.17) is 20.1 Å². The van der Waals surface area contributed by atoms with Gasteiger partial charge in [-0.1, -0.05) is 78.8 Å². The molecule has 2 aliphatic heterocycles. The summed E-state index contributed by atoms with van der Waals surface area (Å²) >= 11 is 0. The minimum Gasteiger partial charge on any atom is -0.481 e. The molecule has 0 spiro atoms. The van der Waals surface area contributed by atoms with Crippen molar-refractivity contribution in [3.05, 3.63) is 35.9 Å². The normalized spacial score (nSPS) is 26.5. The Labute approximate surface area is 352 Å². The number of nitrogens with two attached hydrogens (primary N) is 1. The molecule has 5 fully saturated rings. The van der Waals surface area contributed by atoms with Crippen LogP contribution in [0.1, 0.15) is 99.0 Å². The fourth-order valence-corrected chi connectivity index (χ4v) is 9.43. The zero-order valence-electron chi connectivity index (χ0n) is 35.8. The molecule has 5 aliphatic rings. The molecule has 10 atom stereocenters. The predicted molar refractivity (Wildman–Crippen MR) is 219 cm³/mol. The zero-order valence-corrected chi connectivity index (χ0v) is 35.8. The molecule has 17 nitrogen and oxygen atoms in total. The molecule has 60 heavy (non-hydrogen) atoms. The lowest BCUT2D eigenvalue weighted by Gasteiger charge is -2.67. The van der Waals surface area contributed by atoms with Crippen LogP contribution in [0, 0.1) is 28.6 Å². The van der Waals surface area contributed by atoms with Gasteiger partial charge in [0.1, 0.15) is 24.2 Å². The van der Waals surface area contributed by atoms with E-state index in [1.807, 2.05) is 30.3 Å². The predicted octanol–water partition coefficient (Wildman–Crippen LogP) is 1.41. The van der Waals surface area contributed by atoms with E-state index < -0.39 is 104 Å². The van der Waals surface area contributed by atoms with Crippen molar-refractivity contribution in [2.24, 2.45) is 34.3 Å². The zero-order chi connectivity index (χ0) is 44.3. The molecule has 2 heterocycles. The Morgan fingerprint density at radius 2 is 1.52 bits per heavy atom. The molecule has 0 radical (unpaired) electrons. The number of nitrogens with zero attached hydrogens (tertiary/aromatic N) is 1. The van der Waals surface area contributed by atoms with E-state index in [2.05, 4.69) is 42.0 Å². The van der Waals surface area contributed by atoms with E-state index in [1.54, 1.807) is 27.7 Å². The molecular formula is C42H63BN6O11. The van der Waals surface area contributed by atoms with Gasteiger partial charge in [-0.05, 0) is 67.3 Å². The summed E-state index contributed by atoms with van der Waals surface area (Å²) in [6, 6.07) is 3.68. The number of aliphatic carboxylic acids is 2. The van der Waals surface area contributed by atoms with E-state index in [0.29, 0.717) is 25.2 Å². The second-order valence-corrected chi connectivity index (χ2v) is 18.5. The summed E-state index contributed by atoms with van der Waals surface area (Å²) in [5.41, 5.74) is 6.71. The van der Waals surface area contributed by atoms with E-state index in [9.17, 15) is 38.7 Å². The Morgan fingerprint density at radius 3 is 2.12 bits per heavy atom. The standard InChI is InChI=1S/C42H63BN6O11/c1-22(2)33(47-37(55)27(15-16-31(50)51)45-36(54)26(44)20-32(52)53)39(57)48-34(23(3)4)40(58)49-17-11-14-28(49)38(56)46-30(18-24-12-9-8-10-13-24)43-59-29-19-25-21-42(7,35(29)60-43)41(25,5)6/h8-10,12-13,22-23,25-30,33-35H,11,14-21,44H2,1-7H3,(H,45,54)(H,46,56)(H,47,55)(H,48,57)(H,50,51)(H,52,53)/t25-,26+,27+,28+,29-,30+,33+,34+,35-,42-/m1/s1. The van der Waals surface area contributed by atoms with Gasteiger partial charge < -0.3 is 51.4 Å². The summed E-state index contributed by atoms with van der Waals surface area (Å²) in [5, 5.41) is 29.2. The number of carbonyl (C=O) groups is 7. The van der Waals surface area contributed by atoms with Gasteiger partial charge in [0, 0.05) is 18.4 Å². The summed E-state index contributed by atoms with van der Waals surface area (Å²) in [7, 11) is -0.689. The summed E-state index contributed by atoms with van der Waals surface area (Å²) < 4.78 is 13.3. The number of carbonyl (C=O) groups excluding carboxylic acids is 5. The van der Waals surface area contributed by atoms with E-state index in [0.717, 1.165) is 18.4 Å². The number of benzene rings is 1. The maximum atomic E-state index is 14.3. The molecule has 1 aromatic rings. The molecule has 3 saturated carbocycles. The monoisotopic (exact) mass is 838 g/mol. The van der Waals surface area contributed by atoms with Gasteiger partial charge in [0.05, 0.1) is 30.6 Å². The lowest BCUT2D eigenvalue weighted by atomic mass is 9.39. The van der Waals surface area contributed by atoms with Crippen LogP contribution in [0.4, 0.5) is 0 Å². The second kappa shape index (κ2) is 19.0. The largest absolute Gasteiger partial charge is 0.481 e. The minimum atomic E-state index is -1.51. The smallest absolute Gasteiger partial charge is 0.481 e. The fourth-order valence-electron chi connectivity index (χ4n) is 9.43. The van der Waals surface area contributed by atoms with Crippen molar-refractivity contribution in [1.82, 2.24) is 26.2 Å². The Hall–Kier alpha value is -4.55. The third-order valence-electron chi connectivity index (χ3n) is 13.5. The third kappa shape index (κ3) is 10.1. The van der Waals surface area contributed by atoms with Crippen molar-refractivity contribution < 1.29 is 53.1 Å². The highest BCUT2D eigenvalue weighted by atomic mass is 16.7. The van der Waals surface area contributed by atoms with Crippen molar-refractivity contribution in [1.29, 1.82) is 0 Å². The van der Waals surface area contributed by atoms with Gasteiger partial charge in [-0.2, -0.15) is 0 Å². The molecule has 8 N–H and O–H groups in total. The first-order chi connectivity index (χ1) is 28.1. The average molecular weight is 839 g/mol. The minimum absolute atomic E-state index is 0.0472. The van der Waals surface area contributed by atoms with Crippen molar-refractivity contribution >= 4 is 48.6 Å². The Kier molecular flexibility index (Phi) is 14.7. The van der Waals surface area contributed by atoms with Gasteiger partial charge in [0.25, 0.3) is 0 Å². The lowest BCUT2D eigenvalue weighted by molar-refractivity contribution is -0.220. The topological polar surface area (TPSA) is 256 Å².